The van der Waals surface area contributed by atoms with Crippen molar-refractivity contribution in [1.29, 1.82) is 0 Å². The SMILES string of the molecule is O=C(c1cccc(Cl)c1F)C1CCc2ccccc2C1. The van der Waals surface area contributed by atoms with E-state index in [1.807, 2.05) is 18.2 Å². The first-order valence-corrected chi connectivity index (χ1v) is 7.09. The Bertz CT molecular complexity index is 666. The monoisotopic (exact) mass is 288 g/mol. The number of Topliss-reactive ketones (excluding diaryl/α,β-unsaturated/α-hetero) is 1. The van der Waals surface area contributed by atoms with E-state index in [0.29, 0.717) is 6.42 Å². The lowest BCUT2D eigenvalue weighted by Gasteiger charge is -2.23. The third-order valence-electron chi connectivity index (χ3n) is 3.93. The summed E-state index contributed by atoms with van der Waals surface area (Å²) in [6, 6.07) is 12.7. The molecular formula is C17H14ClFO. The van der Waals surface area contributed by atoms with Crippen LogP contribution in [0.15, 0.2) is 42.5 Å². The number of rotatable bonds is 2. The Balaban J connectivity index is 1.88. The maximum absolute atomic E-state index is 14.0. The summed E-state index contributed by atoms with van der Waals surface area (Å²) in [6.07, 6.45) is 2.32. The highest BCUT2D eigenvalue weighted by atomic mass is 35.5. The molecule has 1 nitrogen and oxygen atoms in total. The summed E-state index contributed by atoms with van der Waals surface area (Å²) in [4.78, 5) is 12.5. The molecular weight excluding hydrogens is 275 g/mol. The van der Waals surface area contributed by atoms with Crippen LogP contribution in [0.25, 0.3) is 0 Å². The van der Waals surface area contributed by atoms with Crippen molar-refractivity contribution in [3.63, 3.8) is 0 Å². The summed E-state index contributed by atoms with van der Waals surface area (Å²) in [5.41, 5.74) is 2.60. The topological polar surface area (TPSA) is 17.1 Å². The van der Waals surface area contributed by atoms with Crippen LogP contribution in [0.5, 0.6) is 0 Å². The number of aryl methyl sites for hydroxylation is 1. The van der Waals surface area contributed by atoms with Crippen molar-refractivity contribution in [3.05, 3.63) is 70.0 Å². The van der Waals surface area contributed by atoms with Crippen molar-refractivity contribution in [3.8, 4) is 0 Å². The van der Waals surface area contributed by atoms with Gasteiger partial charge in [0.05, 0.1) is 10.6 Å². The second-order valence-electron chi connectivity index (χ2n) is 5.17. The van der Waals surface area contributed by atoms with Crippen LogP contribution in [-0.4, -0.2) is 5.78 Å². The Kier molecular flexibility index (Phi) is 3.58. The van der Waals surface area contributed by atoms with Crippen LogP contribution in [0.3, 0.4) is 0 Å². The zero-order valence-corrected chi connectivity index (χ0v) is 11.7. The van der Waals surface area contributed by atoms with Gasteiger partial charge < -0.3 is 0 Å². The average molecular weight is 289 g/mol. The lowest BCUT2D eigenvalue weighted by molar-refractivity contribution is 0.0904. The molecule has 3 rings (SSSR count). The van der Waals surface area contributed by atoms with E-state index in [9.17, 15) is 9.18 Å². The van der Waals surface area contributed by atoms with E-state index in [1.54, 1.807) is 6.07 Å². The molecule has 2 aromatic carbocycles. The smallest absolute Gasteiger partial charge is 0.169 e. The number of carbonyl (C=O) groups excluding carboxylic acids is 1. The summed E-state index contributed by atoms with van der Waals surface area (Å²) in [6.45, 7) is 0. The van der Waals surface area contributed by atoms with Gasteiger partial charge in [0.1, 0.15) is 0 Å². The fourth-order valence-corrected chi connectivity index (χ4v) is 3.01. The van der Waals surface area contributed by atoms with Crippen molar-refractivity contribution in [2.24, 2.45) is 5.92 Å². The normalized spacial score (nSPS) is 17.6. The minimum absolute atomic E-state index is 0.00654. The predicted octanol–water partition coefficient (Wildman–Crippen LogP) is 4.47. The Hall–Kier alpha value is -1.67. The molecule has 0 bridgehead atoms. The first-order chi connectivity index (χ1) is 9.66. The number of ketones is 1. The van der Waals surface area contributed by atoms with Gasteiger partial charge in [-0.15, -0.1) is 0 Å². The zero-order valence-electron chi connectivity index (χ0n) is 10.9. The van der Waals surface area contributed by atoms with Gasteiger partial charge in [-0.1, -0.05) is 41.9 Å². The van der Waals surface area contributed by atoms with E-state index in [0.717, 1.165) is 12.8 Å². The van der Waals surface area contributed by atoms with Crippen molar-refractivity contribution in [1.82, 2.24) is 0 Å². The van der Waals surface area contributed by atoms with Gasteiger partial charge >= 0.3 is 0 Å². The standard InChI is InChI=1S/C17H14ClFO/c18-15-7-3-6-14(16(15)19)17(20)13-9-8-11-4-1-2-5-12(11)10-13/h1-7,13H,8-10H2. The summed E-state index contributed by atoms with van der Waals surface area (Å²) < 4.78 is 14.0. The van der Waals surface area contributed by atoms with Crippen molar-refractivity contribution in [2.75, 3.05) is 0 Å². The quantitative estimate of drug-likeness (QED) is 0.745. The fourth-order valence-electron chi connectivity index (χ4n) is 2.84. The van der Waals surface area contributed by atoms with E-state index in [2.05, 4.69) is 6.07 Å². The van der Waals surface area contributed by atoms with Gasteiger partial charge in [0, 0.05) is 5.92 Å². The maximum atomic E-state index is 14.0. The Morgan fingerprint density at radius 2 is 1.85 bits per heavy atom. The Labute approximate surface area is 122 Å². The van der Waals surface area contributed by atoms with E-state index in [1.165, 1.54) is 23.3 Å². The van der Waals surface area contributed by atoms with Gasteiger partial charge in [-0.05, 0) is 42.5 Å². The molecule has 2 aromatic rings. The van der Waals surface area contributed by atoms with Crippen LogP contribution in [0.4, 0.5) is 4.39 Å². The number of hydrogen-bond donors (Lipinski definition) is 0. The molecule has 0 spiro atoms. The first kappa shape index (κ1) is 13.3. The molecule has 3 heteroatoms. The molecule has 0 N–H and O–H groups in total. The lowest BCUT2D eigenvalue weighted by Crippen LogP contribution is -2.23. The number of fused-ring (bicyclic) bond motifs is 1. The second-order valence-corrected chi connectivity index (χ2v) is 5.58. The molecule has 1 aliphatic carbocycles. The molecule has 0 fully saturated rings. The van der Waals surface area contributed by atoms with Gasteiger partial charge in [0.15, 0.2) is 11.6 Å². The molecule has 0 saturated carbocycles. The molecule has 0 amide bonds. The molecule has 0 saturated heterocycles. The summed E-state index contributed by atoms with van der Waals surface area (Å²) >= 11 is 5.75. The predicted molar refractivity (Wildman–Crippen MR) is 77.7 cm³/mol. The highest BCUT2D eigenvalue weighted by Crippen LogP contribution is 2.29. The first-order valence-electron chi connectivity index (χ1n) is 6.72. The van der Waals surface area contributed by atoms with Crippen LogP contribution in [-0.2, 0) is 12.8 Å². The summed E-state index contributed by atoms with van der Waals surface area (Å²) in [5, 5.41) is 0.00654. The highest BCUT2D eigenvalue weighted by molar-refractivity contribution is 6.31. The van der Waals surface area contributed by atoms with Crippen molar-refractivity contribution in [2.45, 2.75) is 19.3 Å². The molecule has 20 heavy (non-hydrogen) atoms. The van der Waals surface area contributed by atoms with E-state index in [-0.39, 0.29) is 22.3 Å². The lowest BCUT2D eigenvalue weighted by atomic mass is 9.80. The molecule has 0 aliphatic heterocycles. The van der Waals surface area contributed by atoms with Gasteiger partial charge in [-0.2, -0.15) is 0 Å². The summed E-state index contributed by atoms with van der Waals surface area (Å²) in [5.74, 6) is -0.893. The number of halogens is 2. The van der Waals surface area contributed by atoms with Gasteiger partial charge in [-0.3, -0.25) is 4.79 Å². The third kappa shape index (κ3) is 2.36. The Morgan fingerprint density at radius 3 is 2.65 bits per heavy atom. The zero-order chi connectivity index (χ0) is 14.1. The van der Waals surface area contributed by atoms with Crippen LogP contribution >= 0.6 is 11.6 Å². The fraction of sp³-hybridized carbons (Fsp3) is 0.235. The number of hydrogen-bond acceptors (Lipinski definition) is 1. The molecule has 0 radical (unpaired) electrons. The van der Waals surface area contributed by atoms with Gasteiger partial charge in [0.25, 0.3) is 0 Å². The van der Waals surface area contributed by atoms with Gasteiger partial charge in [-0.25, -0.2) is 4.39 Å². The highest BCUT2D eigenvalue weighted by Gasteiger charge is 2.27. The molecule has 1 unspecified atom stereocenters. The molecule has 102 valence electrons. The minimum atomic E-state index is -0.599. The third-order valence-corrected chi connectivity index (χ3v) is 4.23. The van der Waals surface area contributed by atoms with Crippen LogP contribution < -0.4 is 0 Å². The van der Waals surface area contributed by atoms with Crippen LogP contribution in [0.2, 0.25) is 5.02 Å². The van der Waals surface area contributed by atoms with Crippen LogP contribution in [0.1, 0.15) is 27.9 Å². The van der Waals surface area contributed by atoms with E-state index in [4.69, 9.17) is 11.6 Å². The molecule has 1 aliphatic rings. The molecule has 1 atom stereocenters. The summed E-state index contributed by atoms with van der Waals surface area (Å²) in [7, 11) is 0. The Morgan fingerprint density at radius 1 is 1.10 bits per heavy atom. The maximum Gasteiger partial charge on any atom is 0.169 e. The molecule has 0 heterocycles. The molecule has 0 aromatic heterocycles. The number of carbonyl (C=O) groups is 1. The van der Waals surface area contributed by atoms with Crippen molar-refractivity contribution < 1.29 is 9.18 Å². The largest absolute Gasteiger partial charge is 0.294 e. The number of benzene rings is 2. The van der Waals surface area contributed by atoms with Gasteiger partial charge in [0.2, 0.25) is 0 Å². The van der Waals surface area contributed by atoms with Crippen molar-refractivity contribution >= 4 is 17.4 Å². The van der Waals surface area contributed by atoms with Crippen LogP contribution in [0, 0.1) is 11.7 Å². The second kappa shape index (κ2) is 5.37. The van der Waals surface area contributed by atoms with E-state index < -0.39 is 5.82 Å². The average Bonchev–Trinajstić information content (AvgIpc) is 2.49. The minimum Gasteiger partial charge on any atom is -0.294 e. The van der Waals surface area contributed by atoms with E-state index >= 15 is 0 Å².